The minimum absolute atomic E-state index is 0.0522. The van der Waals surface area contributed by atoms with Crippen LogP contribution in [0.15, 0.2) is 30.2 Å². The van der Waals surface area contributed by atoms with Crippen LogP contribution < -0.4 is 0 Å². The number of hydrogen-bond donors (Lipinski definition) is 0. The molecule has 1 saturated heterocycles. The molecule has 0 atom stereocenters. The summed E-state index contributed by atoms with van der Waals surface area (Å²) in [6.45, 7) is 0.104. The summed E-state index contributed by atoms with van der Waals surface area (Å²) in [4.78, 5) is 24.6. The molecule has 0 N–H and O–H groups in total. The Morgan fingerprint density at radius 1 is 1.25 bits per heavy atom. The molecule has 2 rings (SSSR count). The van der Waals surface area contributed by atoms with E-state index in [2.05, 4.69) is 0 Å². The normalized spacial score (nSPS) is 17.6. The van der Waals surface area contributed by atoms with E-state index in [1.165, 1.54) is 10.9 Å². The number of nitrogens with zero attached hydrogens (tertiary/aromatic N) is 1. The summed E-state index contributed by atoms with van der Waals surface area (Å²) in [7, 11) is 0.632. The highest BCUT2D eigenvalue weighted by atomic mass is 35.5. The van der Waals surface area contributed by atoms with Crippen molar-refractivity contribution in [2.75, 3.05) is 20.1 Å². The topological polar surface area (TPSA) is 55.8 Å². The average molecular weight is 294 g/mol. The number of likely N-dealkylation sites (N-methyl/N-ethyl adjacent to an activating group) is 1. The molecule has 104 valence electrons. The highest BCUT2D eigenvalue weighted by molar-refractivity contribution is 6.55. The Morgan fingerprint density at radius 2 is 1.90 bits per heavy atom. The molecule has 0 radical (unpaired) electrons. The number of carbonyl (C=O) groups is 2. The second kappa shape index (κ2) is 6.59. The maximum atomic E-state index is 11.5. The van der Waals surface area contributed by atoms with Gasteiger partial charge in [-0.05, 0) is 30.7 Å². The van der Waals surface area contributed by atoms with Gasteiger partial charge in [0, 0.05) is 5.02 Å². The maximum Gasteiger partial charge on any atom is 0.628 e. The molecular weight excluding hydrogens is 280 g/mol. The molecule has 1 aromatic carbocycles. The number of carbonyl (C=O) groups excluding carboxylic acids is 2. The first kappa shape index (κ1) is 14.6. The molecule has 1 aliphatic heterocycles. The van der Waals surface area contributed by atoms with Crippen LogP contribution >= 0.6 is 11.6 Å². The molecule has 0 spiro atoms. The second-order valence-corrected chi connectivity index (χ2v) is 4.87. The number of hydrogen-bond acceptors (Lipinski definition) is 5. The van der Waals surface area contributed by atoms with Gasteiger partial charge in [0.25, 0.3) is 0 Å². The van der Waals surface area contributed by atoms with Crippen LogP contribution in [0.5, 0.6) is 0 Å². The summed E-state index contributed by atoms with van der Waals surface area (Å²) < 4.78 is 10.1. The van der Waals surface area contributed by atoms with E-state index in [0.717, 1.165) is 5.56 Å². The lowest BCUT2D eigenvalue weighted by atomic mass is 9.88. The Kier molecular flexibility index (Phi) is 4.81. The summed E-state index contributed by atoms with van der Waals surface area (Å²) in [5, 5.41) is 0.598. The fourth-order valence-corrected chi connectivity index (χ4v) is 1.93. The van der Waals surface area contributed by atoms with Crippen LogP contribution in [-0.2, 0) is 18.9 Å². The third kappa shape index (κ3) is 4.40. The van der Waals surface area contributed by atoms with Crippen molar-refractivity contribution < 1.29 is 18.9 Å². The molecule has 1 heterocycles. The molecule has 1 fully saturated rings. The molecule has 1 aliphatic rings. The third-order valence-electron chi connectivity index (χ3n) is 2.59. The molecule has 1 aromatic rings. The number of halogens is 1. The van der Waals surface area contributed by atoms with E-state index in [1.807, 2.05) is 6.07 Å². The SMILES string of the molecule is CN1CC(=O)OB(/C=C/c2cccc(Cl)c2)OC(=O)C1. The van der Waals surface area contributed by atoms with Crippen molar-refractivity contribution in [3.05, 3.63) is 40.8 Å². The van der Waals surface area contributed by atoms with Gasteiger partial charge in [0.1, 0.15) is 0 Å². The quantitative estimate of drug-likeness (QED) is 0.772. The molecule has 5 nitrogen and oxygen atoms in total. The smallest absolute Gasteiger partial charge is 0.495 e. The Hall–Kier alpha value is -1.79. The van der Waals surface area contributed by atoms with E-state index in [0.29, 0.717) is 5.02 Å². The van der Waals surface area contributed by atoms with E-state index in [-0.39, 0.29) is 13.1 Å². The lowest BCUT2D eigenvalue weighted by Gasteiger charge is -2.21. The van der Waals surface area contributed by atoms with Crippen LogP contribution in [0.25, 0.3) is 6.08 Å². The molecule has 0 saturated carbocycles. The van der Waals surface area contributed by atoms with Gasteiger partial charge in [-0.3, -0.25) is 14.5 Å². The monoisotopic (exact) mass is 293 g/mol. The number of rotatable bonds is 2. The molecule has 0 unspecified atom stereocenters. The summed E-state index contributed by atoms with van der Waals surface area (Å²) >= 11 is 5.87. The van der Waals surface area contributed by atoms with Crippen molar-refractivity contribution in [2.45, 2.75) is 0 Å². The van der Waals surface area contributed by atoms with Crippen LogP contribution in [0, 0.1) is 0 Å². The predicted octanol–water partition coefficient (Wildman–Crippen LogP) is 1.41. The van der Waals surface area contributed by atoms with Gasteiger partial charge in [-0.15, -0.1) is 0 Å². The van der Waals surface area contributed by atoms with E-state index < -0.39 is 19.1 Å². The van der Waals surface area contributed by atoms with Gasteiger partial charge >= 0.3 is 19.1 Å². The van der Waals surface area contributed by atoms with E-state index >= 15 is 0 Å². The first-order chi connectivity index (χ1) is 9.52. The number of benzene rings is 1. The third-order valence-corrected chi connectivity index (χ3v) is 2.82. The van der Waals surface area contributed by atoms with Crippen molar-refractivity contribution in [3.8, 4) is 0 Å². The van der Waals surface area contributed by atoms with Crippen LogP contribution in [0.1, 0.15) is 5.56 Å². The van der Waals surface area contributed by atoms with Crippen LogP contribution in [-0.4, -0.2) is 44.1 Å². The molecule has 0 bridgehead atoms. The van der Waals surface area contributed by atoms with Crippen LogP contribution in [0.2, 0.25) is 5.02 Å². The second-order valence-electron chi connectivity index (χ2n) is 4.43. The Bertz CT molecular complexity index is 529. The van der Waals surface area contributed by atoms with Crippen LogP contribution in [0.4, 0.5) is 0 Å². The van der Waals surface area contributed by atoms with Gasteiger partial charge in [-0.2, -0.15) is 0 Å². The summed E-state index contributed by atoms with van der Waals surface area (Å²) in [5.41, 5.74) is 0.823. The molecule has 0 aliphatic carbocycles. The average Bonchev–Trinajstić information content (AvgIpc) is 2.34. The standard InChI is InChI=1S/C13H13BClNO4/c1-16-8-12(17)19-14(20-13(18)9-16)6-5-10-3-2-4-11(15)7-10/h2-7H,8-9H2,1H3/b6-5+. The van der Waals surface area contributed by atoms with Gasteiger partial charge in [0.2, 0.25) is 0 Å². The zero-order chi connectivity index (χ0) is 14.5. The fourth-order valence-electron chi connectivity index (χ4n) is 1.73. The van der Waals surface area contributed by atoms with Gasteiger partial charge in [0.05, 0.1) is 13.1 Å². The van der Waals surface area contributed by atoms with Crippen molar-refractivity contribution >= 4 is 36.7 Å². The van der Waals surface area contributed by atoms with Gasteiger partial charge < -0.3 is 9.31 Å². The van der Waals surface area contributed by atoms with Crippen molar-refractivity contribution in [1.82, 2.24) is 4.90 Å². The van der Waals surface area contributed by atoms with Gasteiger partial charge in [-0.25, -0.2) is 0 Å². The lowest BCUT2D eigenvalue weighted by molar-refractivity contribution is -0.145. The highest BCUT2D eigenvalue weighted by Crippen LogP contribution is 2.12. The summed E-state index contributed by atoms with van der Waals surface area (Å²) in [6, 6.07) is 7.14. The first-order valence-electron chi connectivity index (χ1n) is 6.04. The first-order valence-corrected chi connectivity index (χ1v) is 6.42. The summed E-state index contributed by atoms with van der Waals surface area (Å²) in [6.07, 6.45) is 1.68. The Labute approximate surface area is 122 Å². The largest absolute Gasteiger partial charge is 0.628 e. The van der Waals surface area contributed by atoms with Crippen molar-refractivity contribution in [1.29, 1.82) is 0 Å². The van der Waals surface area contributed by atoms with E-state index in [1.54, 1.807) is 31.3 Å². The summed E-state index contributed by atoms with van der Waals surface area (Å²) in [5.74, 6) is 0.619. The van der Waals surface area contributed by atoms with E-state index in [9.17, 15) is 9.59 Å². The molecule has 0 amide bonds. The molecular formula is C13H13BClNO4. The molecule has 0 aromatic heterocycles. The minimum atomic E-state index is -1.01. The van der Waals surface area contributed by atoms with Crippen molar-refractivity contribution in [3.63, 3.8) is 0 Å². The Morgan fingerprint density at radius 3 is 2.50 bits per heavy atom. The van der Waals surface area contributed by atoms with Crippen molar-refractivity contribution in [2.24, 2.45) is 0 Å². The zero-order valence-electron chi connectivity index (χ0n) is 10.9. The van der Waals surface area contributed by atoms with Gasteiger partial charge in [-0.1, -0.05) is 29.8 Å². The maximum absolute atomic E-state index is 11.5. The Balaban J connectivity index is 2.06. The fraction of sp³-hybridized carbons (Fsp3) is 0.231. The molecule has 20 heavy (non-hydrogen) atoms. The lowest BCUT2D eigenvalue weighted by Crippen LogP contribution is -2.41. The van der Waals surface area contributed by atoms with Crippen LogP contribution in [0.3, 0.4) is 0 Å². The predicted molar refractivity (Wildman–Crippen MR) is 75.9 cm³/mol. The highest BCUT2D eigenvalue weighted by Gasteiger charge is 2.29. The minimum Gasteiger partial charge on any atom is -0.495 e. The van der Waals surface area contributed by atoms with Gasteiger partial charge in [0.15, 0.2) is 0 Å². The zero-order valence-corrected chi connectivity index (χ0v) is 11.7. The molecule has 7 heteroatoms. The van der Waals surface area contributed by atoms with E-state index in [4.69, 9.17) is 20.9 Å².